The molecule has 0 aliphatic carbocycles. The van der Waals surface area contributed by atoms with E-state index in [9.17, 15) is 9.59 Å². The van der Waals surface area contributed by atoms with Gasteiger partial charge in [-0.3, -0.25) is 0 Å². The molecule has 0 atom stereocenters. The molecule has 2 amide bonds. The molecule has 0 aromatic heterocycles. The number of likely N-dealkylation sites (tertiary alicyclic amines) is 3. The molecule has 3 saturated heterocycles. The molecule has 0 saturated carbocycles. The van der Waals surface area contributed by atoms with Crippen LogP contribution in [0.3, 0.4) is 0 Å². The van der Waals surface area contributed by atoms with E-state index in [1.165, 1.54) is 12.8 Å². The average molecular weight is 486 g/mol. The van der Waals surface area contributed by atoms with Crippen molar-refractivity contribution in [1.82, 2.24) is 14.7 Å². The lowest BCUT2D eigenvalue weighted by atomic mass is 9.71. The topological polar surface area (TPSA) is 62.3 Å². The molecular weight excluding hydrogens is 442 g/mol. The third kappa shape index (κ3) is 7.35. The van der Waals surface area contributed by atoms with Gasteiger partial charge < -0.3 is 24.2 Å². The number of nitrogens with zero attached hydrogens (tertiary/aromatic N) is 3. The van der Waals surface area contributed by atoms with Gasteiger partial charge >= 0.3 is 12.2 Å². The summed E-state index contributed by atoms with van der Waals surface area (Å²) < 4.78 is 11.1. The molecule has 0 bridgehead atoms. The molecule has 4 rings (SSSR count). The standard InChI is InChI=1S/C28H43N3O4/c1-27(2,3)35-26(33)31-19-13-28(14-20-31)11-17-29(18-12-28)21-23-9-15-30(16-10-23)25(32)34-22-24-7-5-4-6-8-24/h4-8,23H,9-22H2,1-3H3. The van der Waals surface area contributed by atoms with Crippen LogP contribution in [0.25, 0.3) is 0 Å². The van der Waals surface area contributed by atoms with Crippen LogP contribution in [0.1, 0.15) is 64.9 Å². The smallest absolute Gasteiger partial charge is 0.410 e. The maximum atomic E-state index is 12.4. The summed E-state index contributed by atoms with van der Waals surface area (Å²) in [5.74, 6) is 0.649. The summed E-state index contributed by atoms with van der Waals surface area (Å²) in [4.78, 5) is 31.2. The number of piperidine rings is 3. The fraction of sp³-hybridized carbons (Fsp3) is 0.714. The van der Waals surface area contributed by atoms with E-state index in [4.69, 9.17) is 9.47 Å². The van der Waals surface area contributed by atoms with Crippen LogP contribution in [0.15, 0.2) is 30.3 Å². The molecule has 3 aliphatic rings. The zero-order chi connectivity index (χ0) is 24.9. The van der Waals surface area contributed by atoms with Gasteiger partial charge in [-0.1, -0.05) is 30.3 Å². The van der Waals surface area contributed by atoms with Crippen LogP contribution in [-0.4, -0.2) is 78.3 Å². The Labute approximate surface area is 210 Å². The van der Waals surface area contributed by atoms with Crippen LogP contribution in [0.4, 0.5) is 9.59 Å². The van der Waals surface area contributed by atoms with E-state index in [1.54, 1.807) is 0 Å². The van der Waals surface area contributed by atoms with Gasteiger partial charge in [0, 0.05) is 32.7 Å². The maximum Gasteiger partial charge on any atom is 0.410 e. The van der Waals surface area contributed by atoms with E-state index in [0.29, 0.717) is 17.9 Å². The molecule has 3 heterocycles. The van der Waals surface area contributed by atoms with Gasteiger partial charge in [0.25, 0.3) is 0 Å². The molecule has 1 spiro atoms. The van der Waals surface area contributed by atoms with Crippen molar-refractivity contribution in [2.75, 3.05) is 45.8 Å². The number of carbonyl (C=O) groups excluding carboxylic acids is 2. The van der Waals surface area contributed by atoms with E-state index < -0.39 is 5.60 Å². The molecule has 194 valence electrons. The number of benzene rings is 1. The predicted octanol–water partition coefficient (Wildman–Crippen LogP) is 5.15. The Bertz CT molecular complexity index is 828. The minimum Gasteiger partial charge on any atom is -0.445 e. The number of carbonyl (C=O) groups is 2. The lowest BCUT2D eigenvalue weighted by Gasteiger charge is -2.47. The lowest BCUT2D eigenvalue weighted by Crippen LogP contribution is -2.50. The average Bonchev–Trinajstić information content (AvgIpc) is 2.84. The Morgan fingerprint density at radius 3 is 2.03 bits per heavy atom. The van der Waals surface area contributed by atoms with Gasteiger partial charge in [0.05, 0.1) is 0 Å². The maximum absolute atomic E-state index is 12.4. The first kappa shape index (κ1) is 25.8. The largest absolute Gasteiger partial charge is 0.445 e. The zero-order valence-corrected chi connectivity index (χ0v) is 21.8. The van der Waals surface area contributed by atoms with Crippen LogP contribution >= 0.6 is 0 Å². The van der Waals surface area contributed by atoms with Crippen molar-refractivity contribution in [2.24, 2.45) is 11.3 Å². The van der Waals surface area contributed by atoms with Crippen molar-refractivity contribution in [3.8, 4) is 0 Å². The Morgan fingerprint density at radius 1 is 0.857 bits per heavy atom. The Kier molecular flexibility index (Phi) is 8.25. The van der Waals surface area contributed by atoms with Crippen LogP contribution < -0.4 is 0 Å². The van der Waals surface area contributed by atoms with Gasteiger partial charge in [-0.15, -0.1) is 0 Å². The third-order valence-electron chi connectivity index (χ3n) is 7.99. The fourth-order valence-corrected chi connectivity index (χ4v) is 5.67. The van der Waals surface area contributed by atoms with Crippen molar-refractivity contribution in [2.45, 2.75) is 71.5 Å². The van der Waals surface area contributed by atoms with Crippen molar-refractivity contribution in [1.29, 1.82) is 0 Å². The summed E-state index contributed by atoms with van der Waals surface area (Å²) in [5.41, 5.74) is 0.978. The highest BCUT2D eigenvalue weighted by Crippen LogP contribution is 2.41. The molecule has 0 radical (unpaired) electrons. The van der Waals surface area contributed by atoms with Gasteiger partial charge in [-0.2, -0.15) is 0 Å². The summed E-state index contributed by atoms with van der Waals surface area (Å²) in [7, 11) is 0. The van der Waals surface area contributed by atoms with Gasteiger partial charge in [0.1, 0.15) is 12.2 Å². The van der Waals surface area contributed by atoms with Crippen molar-refractivity contribution in [3.63, 3.8) is 0 Å². The molecular formula is C28H43N3O4. The second kappa shape index (κ2) is 11.2. The van der Waals surface area contributed by atoms with Crippen LogP contribution in [-0.2, 0) is 16.1 Å². The normalized spacial score (nSPS) is 21.7. The van der Waals surface area contributed by atoms with Gasteiger partial charge in [0.15, 0.2) is 0 Å². The molecule has 0 unspecified atom stereocenters. The Hall–Kier alpha value is -2.28. The molecule has 1 aromatic carbocycles. The molecule has 35 heavy (non-hydrogen) atoms. The second-order valence-electron chi connectivity index (χ2n) is 11.7. The number of hydrogen-bond donors (Lipinski definition) is 0. The first-order valence-corrected chi connectivity index (χ1v) is 13.4. The van der Waals surface area contributed by atoms with E-state index >= 15 is 0 Å². The highest BCUT2D eigenvalue weighted by atomic mass is 16.6. The van der Waals surface area contributed by atoms with E-state index in [0.717, 1.165) is 77.1 Å². The first-order chi connectivity index (χ1) is 16.7. The SMILES string of the molecule is CC(C)(C)OC(=O)N1CCC2(CCN(CC3CCN(C(=O)OCc4ccccc4)CC3)CC2)CC1. The van der Waals surface area contributed by atoms with E-state index in [2.05, 4.69) is 4.90 Å². The second-order valence-corrected chi connectivity index (χ2v) is 11.7. The summed E-state index contributed by atoms with van der Waals surface area (Å²) in [6, 6.07) is 9.85. The molecule has 7 heteroatoms. The lowest BCUT2D eigenvalue weighted by molar-refractivity contribution is -0.00483. The number of hydrogen-bond acceptors (Lipinski definition) is 5. The van der Waals surface area contributed by atoms with Crippen LogP contribution in [0.5, 0.6) is 0 Å². The van der Waals surface area contributed by atoms with Crippen LogP contribution in [0, 0.1) is 11.3 Å². The number of ether oxygens (including phenoxy) is 2. The Morgan fingerprint density at radius 2 is 1.43 bits per heavy atom. The summed E-state index contributed by atoms with van der Waals surface area (Å²) in [5, 5.41) is 0. The van der Waals surface area contributed by atoms with E-state index in [1.807, 2.05) is 60.9 Å². The fourth-order valence-electron chi connectivity index (χ4n) is 5.67. The molecule has 3 fully saturated rings. The minimum atomic E-state index is -0.434. The van der Waals surface area contributed by atoms with Crippen molar-refractivity contribution >= 4 is 12.2 Å². The summed E-state index contributed by atoms with van der Waals surface area (Å²) in [6.45, 7) is 12.7. The third-order valence-corrected chi connectivity index (χ3v) is 7.99. The predicted molar refractivity (Wildman–Crippen MR) is 136 cm³/mol. The van der Waals surface area contributed by atoms with E-state index in [-0.39, 0.29) is 12.2 Å². The number of amides is 2. The molecule has 3 aliphatic heterocycles. The van der Waals surface area contributed by atoms with Gasteiger partial charge in [-0.05, 0) is 89.3 Å². The Balaban J connectivity index is 1.13. The minimum absolute atomic E-state index is 0.167. The zero-order valence-electron chi connectivity index (χ0n) is 21.8. The summed E-state index contributed by atoms with van der Waals surface area (Å²) in [6.07, 6.45) is 6.36. The van der Waals surface area contributed by atoms with Crippen molar-refractivity contribution < 1.29 is 19.1 Å². The highest BCUT2D eigenvalue weighted by molar-refractivity contribution is 5.68. The van der Waals surface area contributed by atoms with Crippen molar-refractivity contribution in [3.05, 3.63) is 35.9 Å². The van der Waals surface area contributed by atoms with Crippen LogP contribution in [0.2, 0.25) is 0 Å². The van der Waals surface area contributed by atoms with Gasteiger partial charge in [-0.25, -0.2) is 9.59 Å². The number of rotatable bonds is 4. The molecule has 0 N–H and O–H groups in total. The monoisotopic (exact) mass is 485 g/mol. The quantitative estimate of drug-likeness (QED) is 0.590. The first-order valence-electron chi connectivity index (χ1n) is 13.4. The molecule has 7 nitrogen and oxygen atoms in total. The highest BCUT2D eigenvalue weighted by Gasteiger charge is 2.39. The van der Waals surface area contributed by atoms with Gasteiger partial charge in [0.2, 0.25) is 0 Å². The molecule has 1 aromatic rings. The summed E-state index contributed by atoms with van der Waals surface area (Å²) >= 11 is 0.